The van der Waals surface area contributed by atoms with Crippen molar-refractivity contribution in [2.75, 3.05) is 0 Å². The topological polar surface area (TPSA) is 0 Å². The summed E-state index contributed by atoms with van der Waals surface area (Å²) < 4.78 is 36.3. The van der Waals surface area contributed by atoms with Gasteiger partial charge in [0.2, 0.25) is 0 Å². The summed E-state index contributed by atoms with van der Waals surface area (Å²) in [6, 6.07) is 3.24. The van der Waals surface area contributed by atoms with Crippen LogP contribution < -0.4 is 0 Å². The maximum Gasteiger partial charge on any atom is 0.446 e. The summed E-state index contributed by atoms with van der Waals surface area (Å²) in [5.41, 5.74) is -1.53. The Bertz CT molecular complexity index is 342. The number of hydrogen-bond donors (Lipinski definition) is 0. The van der Waals surface area contributed by atoms with E-state index in [-0.39, 0.29) is 11.8 Å². The standard InChI is InChI=1S/C10H11F3S/c1-6-4-5-9(8(3)7(6)2)14-10(11,12)13/h4-5H,1-3H3. The first-order valence-electron chi connectivity index (χ1n) is 4.14. The number of rotatable bonds is 1. The highest BCUT2D eigenvalue weighted by atomic mass is 32.2. The Hall–Kier alpha value is -0.640. The van der Waals surface area contributed by atoms with Gasteiger partial charge in [0.1, 0.15) is 0 Å². The molecule has 0 spiro atoms. The second-order valence-electron chi connectivity index (χ2n) is 3.18. The SMILES string of the molecule is Cc1ccc(SC(F)(F)F)c(C)c1C. The Morgan fingerprint density at radius 1 is 1.00 bits per heavy atom. The molecule has 0 saturated carbocycles. The van der Waals surface area contributed by atoms with Crippen LogP contribution in [-0.2, 0) is 0 Å². The average Bonchev–Trinajstić information content (AvgIpc) is 2.04. The molecule has 0 N–H and O–H groups in total. The van der Waals surface area contributed by atoms with Crippen LogP contribution in [0.5, 0.6) is 0 Å². The molecule has 1 aromatic carbocycles. The molecule has 0 fully saturated rings. The molecule has 1 rings (SSSR count). The van der Waals surface area contributed by atoms with Crippen LogP contribution in [0.25, 0.3) is 0 Å². The van der Waals surface area contributed by atoms with Crippen molar-refractivity contribution in [1.29, 1.82) is 0 Å². The molecule has 0 aromatic heterocycles. The summed E-state index contributed by atoms with van der Waals surface area (Å²) in [7, 11) is 0. The van der Waals surface area contributed by atoms with Gasteiger partial charge in [0.15, 0.2) is 0 Å². The van der Waals surface area contributed by atoms with Crippen molar-refractivity contribution >= 4 is 11.8 Å². The predicted octanol–water partition coefficient (Wildman–Crippen LogP) is 4.22. The van der Waals surface area contributed by atoms with Gasteiger partial charge < -0.3 is 0 Å². The number of hydrogen-bond acceptors (Lipinski definition) is 1. The van der Waals surface area contributed by atoms with E-state index in [0.717, 1.165) is 11.1 Å². The molecule has 0 nitrogen and oxygen atoms in total. The molecule has 0 heterocycles. The van der Waals surface area contributed by atoms with E-state index < -0.39 is 5.51 Å². The Kier molecular flexibility index (Phi) is 3.14. The molecule has 0 aliphatic heterocycles. The minimum Gasteiger partial charge on any atom is -0.160 e. The second-order valence-corrected chi connectivity index (χ2v) is 4.29. The van der Waals surface area contributed by atoms with Crippen LogP contribution in [0, 0.1) is 20.8 Å². The van der Waals surface area contributed by atoms with Crippen LogP contribution in [0.15, 0.2) is 17.0 Å². The molecule has 0 radical (unpaired) electrons. The van der Waals surface area contributed by atoms with Gasteiger partial charge in [-0.15, -0.1) is 0 Å². The van der Waals surface area contributed by atoms with Gasteiger partial charge in [0, 0.05) is 4.90 Å². The lowest BCUT2D eigenvalue weighted by Gasteiger charge is -2.12. The third-order valence-electron chi connectivity index (χ3n) is 2.23. The number of thioether (sulfide) groups is 1. The van der Waals surface area contributed by atoms with E-state index in [1.54, 1.807) is 13.0 Å². The molecule has 1 aromatic rings. The van der Waals surface area contributed by atoms with Crippen molar-refractivity contribution in [2.45, 2.75) is 31.2 Å². The van der Waals surface area contributed by atoms with E-state index in [9.17, 15) is 13.2 Å². The molecule has 0 saturated heterocycles. The predicted molar refractivity (Wildman–Crippen MR) is 52.6 cm³/mol. The van der Waals surface area contributed by atoms with Gasteiger partial charge in [-0.05, 0) is 55.3 Å². The molecular formula is C10H11F3S. The van der Waals surface area contributed by atoms with Crippen molar-refractivity contribution in [3.05, 3.63) is 28.8 Å². The lowest BCUT2D eigenvalue weighted by molar-refractivity contribution is -0.0328. The third kappa shape index (κ3) is 2.67. The Balaban J connectivity index is 3.06. The fraction of sp³-hybridized carbons (Fsp3) is 0.400. The summed E-state index contributed by atoms with van der Waals surface area (Å²) in [6.07, 6.45) is 0. The van der Waals surface area contributed by atoms with E-state index in [1.807, 2.05) is 13.8 Å². The molecule has 0 aliphatic carbocycles. The Labute approximate surface area is 85.5 Å². The van der Waals surface area contributed by atoms with Crippen LogP contribution in [0.2, 0.25) is 0 Å². The van der Waals surface area contributed by atoms with Crippen molar-refractivity contribution in [3.8, 4) is 0 Å². The van der Waals surface area contributed by atoms with Crippen LogP contribution in [0.1, 0.15) is 16.7 Å². The van der Waals surface area contributed by atoms with Crippen molar-refractivity contribution in [1.82, 2.24) is 0 Å². The molecular weight excluding hydrogens is 209 g/mol. The maximum absolute atomic E-state index is 12.1. The van der Waals surface area contributed by atoms with Gasteiger partial charge in [-0.3, -0.25) is 0 Å². The quantitative estimate of drug-likeness (QED) is 0.638. The number of benzene rings is 1. The first-order chi connectivity index (χ1) is 6.31. The van der Waals surface area contributed by atoms with Crippen LogP contribution in [0.4, 0.5) is 13.2 Å². The third-order valence-corrected chi connectivity index (χ3v) is 3.13. The number of alkyl halides is 3. The van der Waals surface area contributed by atoms with E-state index in [2.05, 4.69) is 0 Å². The molecule has 0 amide bonds. The fourth-order valence-electron chi connectivity index (χ4n) is 1.17. The minimum atomic E-state index is -4.20. The van der Waals surface area contributed by atoms with Crippen LogP contribution in [-0.4, -0.2) is 5.51 Å². The highest BCUT2D eigenvalue weighted by Gasteiger charge is 2.30. The molecule has 0 atom stereocenters. The van der Waals surface area contributed by atoms with Gasteiger partial charge in [0.05, 0.1) is 0 Å². The smallest absolute Gasteiger partial charge is 0.160 e. The molecule has 0 aliphatic rings. The highest BCUT2D eigenvalue weighted by molar-refractivity contribution is 8.00. The summed E-state index contributed by atoms with van der Waals surface area (Å²) >= 11 is -0.0498. The molecule has 4 heteroatoms. The lowest BCUT2D eigenvalue weighted by Crippen LogP contribution is -2.01. The second kappa shape index (κ2) is 3.85. The van der Waals surface area contributed by atoms with Gasteiger partial charge in [-0.1, -0.05) is 6.07 Å². The van der Waals surface area contributed by atoms with E-state index in [0.29, 0.717) is 10.5 Å². The van der Waals surface area contributed by atoms with Crippen molar-refractivity contribution in [2.24, 2.45) is 0 Å². The summed E-state index contributed by atoms with van der Waals surface area (Å²) in [4.78, 5) is 0.292. The summed E-state index contributed by atoms with van der Waals surface area (Å²) in [6.45, 7) is 5.45. The Morgan fingerprint density at radius 3 is 2.07 bits per heavy atom. The van der Waals surface area contributed by atoms with Crippen LogP contribution >= 0.6 is 11.8 Å². The highest BCUT2D eigenvalue weighted by Crippen LogP contribution is 2.39. The molecule has 78 valence electrons. The summed E-state index contributed by atoms with van der Waals surface area (Å²) in [5.74, 6) is 0. The minimum absolute atomic E-state index is 0.0498. The first kappa shape index (κ1) is 11.4. The first-order valence-corrected chi connectivity index (χ1v) is 4.95. The number of halogens is 3. The fourth-order valence-corrected chi connectivity index (χ4v) is 1.86. The van der Waals surface area contributed by atoms with Gasteiger partial charge in [-0.2, -0.15) is 13.2 Å². The average molecular weight is 220 g/mol. The van der Waals surface area contributed by atoms with E-state index in [4.69, 9.17) is 0 Å². The van der Waals surface area contributed by atoms with Gasteiger partial charge >= 0.3 is 5.51 Å². The van der Waals surface area contributed by atoms with E-state index >= 15 is 0 Å². The van der Waals surface area contributed by atoms with Crippen LogP contribution in [0.3, 0.4) is 0 Å². The molecule has 14 heavy (non-hydrogen) atoms. The zero-order valence-corrected chi connectivity index (χ0v) is 9.01. The number of aryl methyl sites for hydroxylation is 1. The van der Waals surface area contributed by atoms with Gasteiger partial charge in [0.25, 0.3) is 0 Å². The Morgan fingerprint density at radius 2 is 1.57 bits per heavy atom. The monoisotopic (exact) mass is 220 g/mol. The normalized spacial score (nSPS) is 11.9. The van der Waals surface area contributed by atoms with Crippen molar-refractivity contribution in [3.63, 3.8) is 0 Å². The summed E-state index contributed by atoms with van der Waals surface area (Å²) in [5, 5.41) is 0. The van der Waals surface area contributed by atoms with Gasteiger partial charge in [-0.25, -0.2) is 0 Å². The van der Waals surface area contributed by atoms with Crippen molar-refractivity contribution < 1.29 is 13.2 Å². The lowest BCUT2D eigenvalue weighted by atomic mass is 10.1. The zero-order valence-electron chi connectivity index (χ0n) is 8.20. The zero-order chi connectivity index (χ0) is 10.9. The molecule has 0 bridgehead atoms. The molecule has 0 unspecified atom stereocenters. The maximum atomic E-state index is 12.1. The van der Waals surface area contributed by atoms with E-state index in [1.165, 1.54) is 6.07 Å². The largest absolute Gasteiger partial charge is 0.446 e.